The summed E-state index contributed by atoms with van der Waals surface area (Å²) < 4.78 is 0. The molecule has 1 nitrogen and oxygen atoms in total. The normalized spacial score (nSPS) is 8.81. The fourth-order valence-corrected chi connectivity index (χ4v) is 1.02. The molecule has 0 saturated heterocycles. The van der Waals surface area contributed by atoms with Gasteiger partial charge in [0.25, 0.3) is 0 Å². The fourth-order valence-electron chi connectivity index (χ4n) is 1.02. The van der Waals surface area contributed by atoms with Crippen LogP contribution in [0.4, 0.5) is 0 Å². The molecule has 84 valence electrons. The minimum absolute atomic E-state index is 0.00415. The van der Waals surface area contributed by atoms with Crippen molar-refractivity contribution in [2.75, 3.05) is 0 Å². The van der Waals surface area contributed by atoms with Gasteiger partial charge in [0.15, 0.2) is 5.78 Å². The molecule has 0 heterocycles. The van der Waals surface area contributed by atoms with Gasteiger partial charge in [0, 0.05) is 6.42 Å². The molecule has 0 aromatic rings. The third-order valence-corrected chi connectivity index (χ3v) is 1.83. The molecule has 0 atom stereocenters. The van der Waals surface area contributed by atoms with E-state index in [0.29, 0.717) is 0 Å². The van der Waals surface area contributed by atoms with Crippen LogP contribution in [0.3, 0.4) is 0 Å². The van der Waals surface area contributed by atoms with Gasteiger partial charge in [-0.2, -0.15) is 0 Å². The van der Waals surface area contributed by atoms with E-state index in [2.05, 4.69) is 30.3 Å². The lowest BCUT2D eigenvalue weighted by Gasteiger charge is -1.91. The molecule has 16 heavy (non-hydrogen) atoms. The smallest absolute Gasteiger partial charge is 0.153 e. The number of hydrogen-bond acceptors (Lipinski definition) is 1. The quantitative estimate of drug-likeness (QED) is 0.287. The molecule has 0 saturated carbocycles. The van der Waals surface area contributed by atoms with E-state index in [-0.39, 0.29) is 5.78 Å². The average molecular weight is 214 g/mol. The van der Waals surface area contributed by atoms with Crippen LogP contribution >= 0.6 is 0 Å². The molecule has 0 radical (unpaired) electrons. The van der Waals surface area contributed by atoms with Gasteiger partial charge >= 0.3 is 0 Å². The van der Waals surface area contributed by atoms with Gasteiger partial charge in [-0.15, -0.1) is 6.58 Å². The summed E-state index contributed by atoms with van der Waals surface area (Å²) in [6.07, 6.45) is 10.4. The summed E-state index contributed by atoms with van der Waals surface area (Å²) in [5.41, 5.74) is 0. The molecule has 0 unspecified atom stereocenters. The molecule has 1 heteroatoms. The van der Waals surface area contributed by atoms with Crippen LogP contribution in [-0.4, -0.2) is 5.78 Å². The Bertz CT molecular complexity index is 352. The van der Waals surface area contributed by atoms with E-state index < -0.39 is 0 Å². The van der Waals surface area contributed by atoms with E-state index in [4.69, 9.17) is 0 Å². The highest BCUT2D eigenvalue weighted by Crippen LogP contribution is 2.01. The highest BCUT2D eigenvalue weighted by atomic mass is 16.1. The van der Waals surface area contributed by atoms with E-state index in [0.717, 1.165) is 19.3 Å². The van der Waals surface area contributed by atoms with Gasteiger partial charge < -0.3 is 0 Å². The Morgan fingerprint density at radius 1 is 1.25 bits per heavy atom. The Kier molecular flexibility index (Phi) is 10.1. The van der Waals surface area contributed by atoms with Crippen LogP contribution in [0.1, 0.15) is 39.0 Å². The molecule has 0 aliphatic heterocycles. The monoisotopic (exact) mass is 214 g/mol. The number of hydrogen-bond donors (Lipinski definition) is 0. The Morgan fingerprint density at radius 3 is 2.75 bits per heavy atom. The summed E-state index contributed by atoms with van der Waals surface area (Å²) >= 11 is 0. The van der Waals surface area contributed by atoms with Gasteiger partial charge in [-0.3, -0.25) is 4.79 Å². The van der Waals surface area contributed by atoms with E-state index in [9.17, 15) is 4.79 Å². The van der Waals surface area contributed by atoms with Crippen LogP contribution in [0, 0.1) is 23.7 Å². The largest absolute Gasteiger partial charge is 0.295 e. The van der Waals surface area contributed by atoms with Crippen molar-refractivity contribution in [3.05, 3.63) is 24.8 Å². The van der Waals surface area contributed by atoms with Crippen LogP contribution in [0.5, 0.6) is 0 Å². The second-order valence-corrected chi connectivity index (χ2v) is 3.40. The van der Waals surface area contributed by atoms with Crippen molar-refractivity contribution in [1.82, 2.24) is 0 Å². The predicted octanol–water partition coefficient (Wildman–Crippen LogP) is 3.27. The first-order valence-electron chi connectivity index (χ1n) is 5.53. The first-order valence-corrected chi connectivity index (χ1v) is 5.53. The molecule has 0 aliphatic carbocycles. The van der Waals surface area contributed by atoms with Gasteiger partial charge in [0.05, 0.1) is 0 Å². The Balaban J connectivity index is 3.54. The van der Waals surface area contributed by atoms with E-state index in [1.807, 2.05) is 6.08 Å². The highest BCUT2D eigenvalue weighted by molar-refractivity contribution is 5.87. The third kappa shape index (κ3) is 12.3. The first kappa shape index (κ1) is 14.3. The molecule has 0 bridgehead atoms. The molecule has 0 amide bonds. The zero-order chi connectivity index (χ0) is 12.1. The average Bonchev–Trinajstić information content (AvgIpc) is 2.25. The Morgan fingerprint density at radius 2 is 2.06 bits per heavy atom. The minimum Gasteiger partial charge on any atom is -0.295 e. The molecular weight excluding hydrogens is 196 g/mol. The van der Waals surface area contributed by atoms with Crippen molar-refractivity contribution < 1.29 is 4.79 Å². The molecule has 0 fully saturated rings. The number of allylic oxidation sites excluding steroid dienone is 3. The zero-order valence-electron chi connectivity index (χ0n) is 9.88. The van der Waals surface area contributed by atoms with Gasteiger partial charge in [-0.1, -0.05) is 24.3 Å². The van der Waals surface area contributed by atoms with Crippen molar-refractivity contribution in [2.45, 2.75) is 39.0 Å². The maximum Gasteiger partial charge on any atom is 0.153 e. The highest BCUT2D eigenvalue weighted by Gasteiger charge is 1.83. The van der Waals surface area contributed by atoms with Crippen molar-refractivity contribution in [3.8, 4) is 23.7 Å². The lowest BCUT2D eigenvalue weighted by Crippen LogP contribution is -1.77. The lowest BCUT2D eigenvalue weighted by molar-refractivity contribution is -0.112. The Labute approximate surface area is 98.6 Å². The van der Waals surface area contributed by atoms with Crippen LogP contribution in [0.2, 0.25) is 0 Å². The summed E-state index contributed by atoms with van der Waals surface area (Å²) in [4.78, 5) is 10.5. The van der Waals surface area contributed by atoms with E-state index >= 15 is 0 Å². The minimum atomic E-state index is 0.00415. The standard InChI is InChI=1S/C15H18O/c1-3-4-5-6-7-8-9-10-11-12-13-14-15(2)16/h3,13-14H,1,4-8H2,2H3. The molecule has 0 spiro atoms. The number of ketones is 1. The van der Waals surface area contributed by atoms with E-state index in [1.54, 1.807) is 0 Å². The molecular formula is C15H18O. The van der Waals surface area contributed by atoms with Crippen molar-refractivity contribution in [2.24, 2.45) is 0 Å². The van der Waals surface area contributed by atoms with Crippen LogP contribution in [-0.2, 0) is 4.79 Å². The topological polar surface area (TPSA) is 17.1 Å². The van der Waals surface area contributed by atoms with Gasteiger partial charge in [-0.25, -0.2) is 0 Å². The van der Waals surface area contributed by atoms with Crippen molar-refractivity contribution >= 4 is 5.78 Å². The molecule has 0 aromatic heterocycles. The second kappa shape index (κ2) is 11.3. The Hall–Kier alpha value is -1.73. The zero-order valence-corrected chi connectivity index (χ0v) is 9.88. The third-order valence-electron chi connectivity index (χ3n) is 1.83. The lowest BCUT2D eigenvalue weighted by atomic mass is 10.1. The maximum atomic E-state index is 10.5. The number of unbranched alkanes of at least 4 members (excludes halogenated alkanes) is 4. The predicted molar refractivity (Wildman–Crippen MR) is 68.7 cm³/mol. The molecule has 0 aromatic carbocycles. The SMILES string of the molecule is C=CCCCCCC#CC#CC=CC(C)=O. The summed E-state index contributed by atoms with van der Waals surface area (Å²) in [7, 11) is 0. The number of carbonyl (C=O) groups is 1. The number of rotatable bonds is 6. The maximum absolute atomic E-state index is 10.5. The van der Waals surface area contributed by atoms with Crippen molar-refractivity contribution in [1.29, 1.82) is 0 Å². The molecule has 0 N–H and O–H groups in total. The van der Waals surface area contributed by atoms with E-state index in [1.165, 1.54) is 31.9 Å². The van der Waals surface area contributed by atoms with Crippen molar-refractivity contribution in [3.63, 3.8) is 0 Å². The van der Waals surface area contributed by atoms with Gasteiger partial charge in [0.1, 0.15) is 0 Å². The first-order chi connectivity index (χ1) is 7.77. The van der Waals surface area contributed by atoms with Gasteiger partial charge in [0.2, 0.25) is 0 Å². The fraction of sp³-hybridized carbons (Fsp3) is 0.400. The second-order valence-electron chi connectivity index (χ2n) is 3.40. The number of carbonyl (C=O) groups excluding carboxylic acids is 1. The summed E-state index contributed by atoms with van der Waals surface area (Å²) in [6.45, 7) is 5.17. The summed E-state index contributed by atoms with van der Waals surface area (Å²) in [5.74, 6) is 11.1. The summed E-state index contributed by atoms with van der Waals surface area (Å²) in [6, 6.07) is 0. The molecule has 0 rings (SSSR count). The van der Waals surface area contributed by atoms with Crippen LogP contribution in [0.25, 0.3) is 0 Å². The van der Waals surface area contributed by atoms with Gasteiger partial charge in [-0.05, 0) is 50.2 Å². The molecule has 0 aliphatic rings. The summed E-state index contributed by atoms with van der Waals surface area (Å²) in [5, 5.41) is 0. The van der Waals surface area contributed by atoms with Crippen LogP contribution in [0.15, 0.2) is 24.8 Å². The van der Waals surface area contributed by atoms with Crippen LogP contribution < -0.4 is 0 Å².